The van der Waals surface area contributed by atoms with E-state index >= 15 is 0 Å². The molecule has 1 aliphatic carbocycles. The Balaban J connectivity index is 1.53. The fraction of sp³-hybridized carbons (Fsp3) is 0.348. The van der Waals surface area contributed by atoms with Gasteiger partial charge in [-0.05, 0) is 49.2 Å². The molecule has 0 spiro atoms. The topological polar surface area (TPSA) is 159 Å². The van der Waals surface area contributed by atoms with Crippen molar-refractivity contribution < 1.29 is 36.0 Å². The van der Waals surface area contributed by atoms with Crippen LogP contribution in [0.2, 0.25) is 0 Å². The van der Waals surface area contributed by atoms with Crippen molar-refractivity contribution in [1.82, 2.24) is 16.0 Å². The van der Waals surface area contributed by atoms with Crippen LogP contribution in [0.3, 0.4) is 0 Å². The molecule has 14 heteroatoms. The summed E-state index contributed by atoms with van der Waals surface area (Å²) in [5, 5.41) is 14.9. The average Bonchev–Trinajstić information content (AvgIpc) is 2.83. The molecule has 0 unspecified atom stereocenters. The summed E-state index contributed by atoms with van der Waals surface area (Å²) >= 11 is 0. The largest absolute Gasteiger partial charge is 0.418 e. The first-order valence-electron chi connectivity index (χ1n) is 11.3. The highest BCUT2D eigenvalue weighted by Gasteiger charge is 2.33. The molecule has 0 aliphatic heterocycles. The second-order valence-electron chi connectivity index (χ2n) is 8.46. The molecule has 1 fully saturated rings. The number of sulfonamides is 1. The van der Waals surface area contributed by atoms with Gasteiger partial charge in [-0.1, -0.05) is 25.0 Å². The number of halogens is 3. The number of hydrogen-bond donors (Lipinski definition) is 5. The van der Waals surface area contributed by atoms with Gasteiger partial charge in [-0.25, -0.2) is 18.4 Å². The van der Waals surface area contributed by atoms with Gasteiger partial charge in [0.05, 0.1) is 22.7 Å². The molecule has 3 rings (SSSR count). The fourth-order valence-electron chi connectivity index (χ4n) is 3.95. The summed E-state index contributed by atoms with van der Waals surface area (Å²) in [6, 6.07) is 7.69. The van der Waals surface area contributed by atoms with Gasteiger partial charge < -0.3 is 21.3 Å². The van der Waals surface area contributed by atoms with Crippen molar-refractivity contribution in [2.75, 3.05) is 11.9 Å². The van der Waals surface area contributed by atoms with Gasteiger partial charge in [0, 0.05) is 17.6 Å². The SMILES string of the molecule is NS(=O)(=O)c1ccc(C(=O)N[C@@H]2CCCC[C@@H]2NC(=O)CNC(=O)Nc2ccccc2C(F)(F)F)cc1. The lowest BCUT2D eigenvalue weighted by atomic mass is 9.90. The lowest BCUT2D eigenvalue weighted by molar-refractivity contribution is -0.137. The maximum absolute atomic E-state index is 13.1. The molecule has 0 radical (unpaired) electrons. The van der Waals surface area contributed by atoms with Gasteiger partial charge in [-0.3, -0.25) is 9.59 Å². The van der Waals surface area contributed by atoms with E-state index in [1.54, 1.807) is 0 Å². The molecule has 1 saturated carbocycles. The molecular weight excluding hydrogens is 515 g/mol. The molecule has 2 aromatic rings. The molecule has 0 heterocycles. The average molecular weight is 542 g/mol. The van der Waals surface area contributed by atoms with Gasteiger partial charge in [0.15, 0.2) is 0 Å². The quantitative estimate of drug-likeness (QED) is 0.363. The van der Waals surface area contributed by atoms with Crippen LogP contribution in [0.25, 0.3) is 0 Å². The fourth-order valence-corrected chi connectivity index (χ4v) is 4.46. The minimum Gasteiger partial charge on any atom is -0.350 e. The number of para-hydroxylation sites is 1. The summed E-state index contributed by atoms with van der Waals surface area (Å²) in [4.78, 5) is 37.0. The zero-order valence-electron chi connectivity index (χ0n) is 19.5. The van der Waals surface area contributed by atoms with E-state index in [0.29, 0.717) is 12.8 Å². The van der Waals surface area contributed by atoms with Crippen LogP contribution in [0.15, 0.2) is 53.4 Å². The Morgan fingerprint density at radius 1 is 0.919 bits per heavy atom. The maximum Gasteiger partial charge on any atom is 0.418 e. The number of anilines is 1. The standard InChI is InChI=1S/C23H26F3N5O5S/c24-23(25,26)16-5-1-2-6-17(16)31-22(34)28-13-20(32)29-18-7-3-4-8-19(18)30-21(33)14-9-11-15(12-10-14)37(27,35)36/h1-2,5-6,9-12,18-19H,3-4,7-8,13H2,(H,29,32)(H,30,33)(H2,27,35,36)(H2,28,31,34)/t18-,19+/m0/s1. The minimum absolute atomic E-state index is 0.134. The number of carbonyl (C=O) groups excluding carboxylic acids is 3. The first-order valence-corrected chi connectivity index (χ1v) is 12.8. The van der Waals surface area contributed by atoms with Crippen molar-refractivity contribution in [3.05, 3.63) is 59.7 Å². The van der Waals surface area contributed by atoms with E-state index in [-0.39, 0.29) is 10.5 Å². The van der Waals surface area contributed by atoms with Gasteiger partial charge in [-0.2, -0.15) is 13.2 Å². The third kappa shape index (κ3) is 7.92. The smallest absolute Gasteiger partial charge is 0.350 e. The Morgan fingerprint density at radius 2 is 1.51 bits per heavy atom. The van der Waals surface area contributed by atoms with Gasteiger partial charge in [0.1, 0.15) is 0 Å². The van der Waals surface area contributed by atoms with Crippen LogP contribution >= 0.6 is 0 Å². The summed E-state index contributed by atoms with van der Waals surface area (Å²) in [5.74, 6) is -1.05. The monoisotopic (exact) mass is 541 g/mol. The lowest BCUT2D eigenvalue weighted by Crippen LogP contribution is -2.54. The third-order valence-electron chi connectivity index (χ3n) is 5.76. The number of carbonyl (C=O) groups is 3. The second kappa shape index (κ2) is 11.6. The summed E-state index contributed by atoms with van der Waals surface area (Å²) in [5.41, 5.74) is -1.25. The molecule has 37 heavy (non-hydrogen) atoms. The summed E-state index contributed by atoms with van der Waals surface area (Å²) in [6.45, 7) is -0.494. The number of nitrogens with one attached hydrogen (secondary N) is 4. The number of amides is 4. The lowest BCUT2D eigenvalue weighted by Gasteiger charge is -2.33. The molecule has 4 amide bonds. The van der Waals surface area contributed by atoms with Crippen molar-refractivity contribution in [3.8, 4) is 0 Å². The number of rotatable bonds is 7. The van der Waals surface area contributed by atoms with Crippen molar-refractivity contribution >= 4 is 33.6 Å². The van der Waals surface area contributed by atoms with Gasteiger partial charge >= 0.3 is 12.2 Å². The van der Waals surface area contributed by atoms with Crippen molar-refractivity contribution in [2.24, 2.45) is 5.14 Å². The highest BCUT2D eigenvalue weighted by Crippen LogP contribution is 2.34. The molecule has 6 N–H and O–H groups in total. The third-order valence-corrected chi connectivity index (χ3v) is 6.69. The Labute approximate surface area is 211 Å². The van der Waals surface area contributed by atoms with Crippen molar-refractivity contribution in [2.45, 2.75) is 48.8 Å². The summed E-state index contributed by atoms with van der Waals surface area (Å²) in [6.07, 6.45) is -1.92. The van der Waals surface area contributed by atoms with Gasteiger partial charge in [0.25, 0.3) is 5.91 Å². The molecule has 10 nitrogen and oxygen atoms in total. The molecule has 0 bridgehead atoms. The normalized spacial score (nSPS) is 17.9. The summed E-state index contributed by atoms with van der Waals surface area (Å²) < 4.78 is 62.0. The van der Waals surface area contributed by atoms with E-state index in [4.69, 9.17) is 5.14 Å². The Hall–Kier alpha value is -3.65. The summed E-state index contributed by atoms with van der Waals surface area (Å²) in [7, 11) is -3.90. The van der Waals surface area contributed by atoms with Crippen LogP contribution in [0.1, 0.15) is 41.6 Å². The minimum atomic E-state index is -4.66. The molecule has 2 aromatic carbocycles. The highest BCUT2D eigenvalue weighted by atomic mass is 32.2. The van der Waals surface area contributed by atoms with E-state index in [0.717, 1.165) is 25.0 Å². The molecule has 1 aliphatic rings. The van der Waals surface area contributed by atoms with Gasteiger partial charge in [-0.15, -0.1) is 0 Å². The second-order valence-corrected chi connectivity index (χ2v) is 10.0. The van der Waals surface area contributed by atoms with E-state index in [1.165, 1.54) is 36.4 Å². The number of nitrogens with two attached hydrogens (primary N) is 1. The Bertz CT molecular complexity index is 1250. The highest BCUT2D eigenvalue weighted by molar-refractivity contribution is 7.89. The number of alkyl halides is 3. The number of primary sulfonamides is 1. The molecule has 0 aromatic heterocycles. The van der Waals surface area contributed by atoms with E-state index in [9.17, 15) is 36.0 Å². The van der Waals surface area contributed by atoms with Crippen molar-refractivity contribution in [1.29, 1.82) is 0 Å². The van der Waals surface area contributed by atoms with Gasteiger partial charge in [0.2, 0.25) is 15.9 Å². The van der Waals surface area contributed by atoms with Crippen LogP contribution in [-0.2, 0) is 21.0 Å². The van der Waals surface area contributed by atoms with Crippen LogP contribution in [0.5, 0.6) is 0 Å². The predicted octanol–water partition coefficient (Wildman–Crippen LogP) is 2.33. The molecule has 2 atom stereocenters. The van der Waals surface area contributed by atoms with Crippen LogP contribution in [0, 0.1) is 0 Å². The van der Waals surface area contributed by atoms with E-state index in [1.807, 2.05) is 0 Å². The first-order chi connectivity index (χ1) is 17.3. The molecule has 0 saturated heterocycles. The van der Waals surface area contributed by atoms with Crippen LogP contribution in [0.4, 0.5) is 23.7 Å². The zero-order chi connectivity index (χ0) is 27.2. The first kappa shape index (κ1) is 27.9. The van der Waals surface area contributed by atoms with E-state index < -0.39 is 63.9 Å². The Morgan fingerprint density at radius 3 is 2.11 bits per heavy atom. The molecular formula is C23H26F3N5O5S. The van der Waals surface area contributed by atoms with Crippen molar-refractivity contribution in [3.63, 3.8) is 0 Å². The van der Waals surface area contributed by atoms with Crippen LogP contribution < -0.4 is 26.4 Å². The predicted molar refractivity (Wildman–Crippen MR) is 128 cm³/mol. The molecule has 200 valence electrons. The zero-order valence-corrected chi connectivity index (χ0v) is 20.3. The Kier molecular flexibility index (Phi) is 8.76. The maximum atomic E-state index is 13.1. The van der Waals surface area contributed by atoms with E-state index in [2.05, 4.69) is 21.3 Å². The number of hydrogen-bond acceptors (Lipinski definition) is 5. The number of benzene rings is 2. The number of urea groups is 1. The van der Waals surface area contributed by atoms with Crippen LogP contribution in [-0.4, -0.2) is 44.9 Å².